The Morgan fingerprint density at radius 3 is 2.79 bits per heavy atom. The van der Waals surface area contributed by atoms with Gasteiger partial charge in [-0.25, -0.2) is 0 Å². The third-order valence-electron chi connectivity index (χ3n) is 5.52. The Balaban J connectivity index is 1.52. The molecule has 4 heteroatoms. The van der Waals surface area contributed by atoms with Crippen LogP contribution in [0, 0.1) is 0 Å². The Hall–Kier alpha value is -1.22. The van der Waals surface area contributed by atoms with Gasteiger partial charge in [0.15, 0.2) is 0 Å². The minimum atomic E-state index is -0.686. The van der Waals surface area contributed by atoms with E-state index in [9.17, 15) is 4.79 Å². The summed E-state index contributed by atoms with van der Waals surface area (Å²) in [5.41, 5.74) is 4.39. The van der Waals surface area contributed by atoms with Crippen LogP contribution < -0.4 is 4.90 Å². The Kier molecular flexibility index (Phi) is 6.04. The summed E-state index contributed by atoms with van der Waals surface area (Å²) in [5, 5.41) is 8.91. The summed E-state index contributed by atoms with van der Waals surface area (Å²) in [7, 11) is 0. The van der Waals surface area contributed by atoms with Crippen molar-refractivity contribution in [3.63, 3.8) is 0 Å². The SMILES string of the molecule is O=C(O)CCCCCCC1C(Cl)CCN1c1ccc2c(c1)CCC2. The minimum absolute atomic E-state index is 0.234. The normalized spacial score (nSPS) is 22.8. The highest BCUT2D eigenvalue weighted by atomic mass is 35.5. The number of rotatable bonds is 8. The Morgan fingerprint density at radius 1 is 1.17 bits per heavy atom. The molecule has 1 aliphatic carbocycles. The number of nitrogens with zero attached hydrogens (tertiary/aromatic N) is 1. The van der Waals surface area contributed by atoms with Gasteiger partial charge in [-0.1, -0.05) is 25.3 Å². The summed E-state index contributed by atoms with van der Waals surface area (Å²) >= 11 is 6.60. The van der Waals surface area contributed by atoms with Crippen LogP contribution in [0.15, 0.2) is 18.2 Å². The average molecular weight is 350 g/mol. The topological polar surface area (TPSA) is 40.5 Å². The van der Waals surface area contributed by atoms with Crippen LogP contribution in [0.1, 0.15) is 62.5 Å². The van der Waals surface area contributed by atoms with Gasteiger partial charge in [-0.15, -0.1) is 11.6 Å². The predicted octanol–water partition coefficient (Wildman–Crippen LogP) is 4.79. The lowest BCUT2D eigenvalue weighted by atomic mass is 10.0. The Bertz CT molecular complexity index is 575. The quantitative estimate of drug-likeness (QED) is 0.542. The summed E-state index contributed by atoms with van der Waals surface area (Å²) in [6.45, 7) is 1.05. The number of aliphatic carboxylic acids is 1. The molecule has 0 saturated carbocycles. The molecule has 1 aromatic carbocycles. The number of carboxylic acids is 1. The van der Waals surface area contributed by atoms with E-state index in [2.05, 4.69) is 23.1 Å². The number of carbonyl (C=O) groups is 1. The summed E-state index contributed by atoms with van der Waals surface area (Å²) in [6, 6.07) is 7.39. The molecule has 1 N–H and O–H groups in total. The third-order valence-corrected chi connectivity index (χ3v) is 6.03. The van der Waals surface area contributed by atoms with E-state index in [1.165, 1.54) is 36.1 Å². The first-order valence-corrected chi connectivity index (χ1v) is 9.83. The molecule has 1 heterocycles. The molecule has 2 unspecified atom stereocenters. The van der Waals surface area contributed by atoms with Crippen molar-refractivity contribution in [2.45, 2.75) is 75.6 Å². The van der Waals surface area contributed by atoms with Crippen molar-refractivity contribution in [3.05, 3.63) is 29.3 Å². The van der Waals surface area contributed by atoms with Crippen molar-refractivity contribution in [2.75, 3.05) is 11.4 Å². The number of alkyl halides is 1. The van der Waals surface area contributed by atoms with Gasteiger partial charge < -0.3 is 10.0 Å². The number of anilines is 1. The number of halogens is 1. The van der Waals surface area contributed by atoms with E-state index in [4.69, 9.17) is 16.7 Å². The van der Waals surface area contributed by atoms with E-state index in [1.54, 1.807) is 0 Å². The first kappa shape index (κ1) is 17.6. The molecule has 1 aliphatic heterocycles. The molecule has 0 radical (unpaired) electrons. The zero-order chi connectivity index (χ0) is 16.9. The van der Waals surface area contributed by atoms with Gasteiger partial charge in [0.25, 0.3) is 0 Å². The van der Waals surface area contributed by atoms with E-state index in [-0.39, 0.29) is 5.38 Å². The van der Waals surface area contributed by atoms with Gasteiger partial charge in [-0.2, -0.15) is 0 Å². The van der Waals surface area contributed by atoms with Gasteiger partial charge in [-0.05, 0) is 61.8 Å². The lowest BCUT2D eigenvalue weighted by molar-refractivity contribution is -0.137. The monoisotopic (exact) mass is 349 g/mol. The Morgan fingerprint density at radius 2 is 1.96 bits per heavy atom. The largest absolute Gasteiger partial charge is 0.481 e. The highest BCUT2D eigenvalue weighted by molar-refractivity contribution is 6.21. The number of unbranched alkanes of at least 4 members (excludes halogenated alkanes) is 3. The van der Waals surface area contributed by atoms with Crippen molar-refractivity contribution in [3.8, 4) is 0 Å². The van der Waals surface area contributed by atoms with Gasteiger partial charge in [0, 0.05) is 24.7 Å². The molecule has 1 aromatic rings. The van der Waals surface area contributed by atoms with Crippen LogP contribution in [-0.2, 0) is 17.6 Å². The summed E-state index contributed by atoms with van der Waals surface area (Å²) in [4.78, 5) is 13.0. The zero-order valence-corrected chi connectivity index (χ0v) is 15.1. The van der Waals surface area contributed by atoms with Gasteiger partial charge in [0.2, 0.25) is 0 Å². The molecule has 24 heavy (non-hydrogen) atoms. The predicted molar refractivity (Wildman–Crippen MR) is 99.2 cm³/mol. The molecule has 0 spiro atoms. The average Bonchev–Trinajstić information content (AvgIpc) is 3.16. The molecule has 2 atom stereocenters. The molecule has 3 rings (SSSR count). The summed E-state index contributed by atoms with van der Waals surface area (Å²) in [5.74, 6) is -0.686. The van der Waals surface area contributed by atoms with Crippen molar-refractivity contribution in [1.29, 1.82) is 0 Å². The van der Waals surface area contributed by atoms with Gasteiger partial charge in [0.1, 0.15) is 0 Å². The molecular formula is C20H28ClNO2. The fourth-order valence-electron chi connectivity index (χ4n) is 4.19. The van der Waals surface area contributed by atoms with Crippen molar-refractivity contribution in [1.82, 2.24) is 0 Å². The van der Waals surface area contributed by atoms with Crippen LogP contribution >= 0.6 is 11.6 Å². The maximum atomic E-state index is 10.5. The molecule has 0 amide bonds. The van der Waals surface area contributed by atoms with Crippen LogP contribution in [0.25, 0.3) is 0 Å². The minimum Gasteiger partial charge on any atom is -0.481 e. The summed E-state index contributed by atoms with van der Waals surface area (Å²) in [6.07, 6.45) is 10.2. The molecule has 1 saturated heterocycles. The van der Waals surface area contributed by atoms with Gasteiger partial charge in [-0.3, -0.25) is 4.79 Å². The van der Waals surface area contributed by atoms with Gasteiger partial charge >= 0.3 is 5.97 Å². The fourth-order valence-corrected chi connectivity index (χ4v) is 4.55. The van der Waals surface area contributed by atoms with Crippen LogP contribution in [0.4, 0.5) is 5.69 Å². The van der Waals surface area contributed by atoms with E-state index in [0.29, 0.717) is 12.5 Å². The smallest absolute Gasteiger partial charge is 0.303 e. The lowest BCUT2D eigenvalue weighted by Crippen LogP contribution is -2.33. The molecule has 2 aliphatic rings. The van der Waals surface area contributed by atoms with E-state index in [0.717, 1.165) is 45.1 Å². The number of fused-ring (bicyclic) bond motifs is 1. The number of aryl methyl sites for hydroxylation is 2. The van der Waals surface area contributed by atoms with Gasteiger partial charge in [0.05, 0.1) is 5.38 Å². The van der Waals surface area contributed by atoms with Crippen LogP contribution in [0.3, 0.4) is 0 Å². The van der Waals surface area contributed by atoms with Crippen LogP contribution in [0.5, 0.6) is 0 Å². The number of hydrogen-bond acceptors (Lipinski definition) is 2. The maximum Gasteiger partial charge on any atom is 0.303 e. The second kappa shape index (κ2) is 8.24. The number of carboxylic acid groups (broad SMARTS) is 1. The fraction of sp³-hybridized carbons (Fsp3) is 0.650. The molecule has 1 fully saturated rings. The zero-order valence-electron chi connectivity index (χ0n) is 14.3. The van der Waals surface area contributed by atoms with Crippen molar-refractivity contribution >= 4 is 23.3 Å². The third kappa shape index (κ3) is 4.24. The maximum absolute atomic E-state index is 10.5. The first-order chi connectivity index (χ1) is 11.6. The second-order valence-electron chi connectivity index (χ2n) is 7.22. The van der Waals surface area contributed by atoms with Crippen LogP contribution in [-0.4, -0.2) is 29.0 Å². The highest BCUT2D eigenvalue weighted by Gasteiger charge is 2.32. The number of benzene rings is 1. The van der Waals surface area contributed by atoms with E-state index >= 15 is 0 Å². The molecule has 3 nitrogen and oxygen atoms in total. The molecule has 0 bridgehead atoms. The standard InChI is InChI=1S/C20H28ClNO2/c21-18-12-13-22(17-11-10-15-6-5-7-16(15)14-17)19(18)8-3-1-2-4-9-20(23)24/h10-11,14,18-19H,1-9,12-13H2,(H,23,24). The van der Waals surface area contributed by atoms with Crippen molar-refractivity contribution in [2.24, 2.45) is 0 Å². The number of hydrogen-bond donors (Lipinski definition) is 1. The van der Waals surface area contributed by atoms with Crippen LogP contribution in [0.2, 0.25) is 0 Å². The molecular weight excluding hydrogens is 322 g/mol. The first-order valence-electron chi connectivity index (χ1n) is 9.39. The van der Waals surface area contributed by atoms with E-state index in [1.807, 2.05) is 0 Å². The Labute approximate surface area is 150 Å². The lowest BCUT2D eigenvalue weighted by Gasteiger charge is -2.29. The molecule has 0 aromatic heterocycles. The van der Waals surface area contributed by atoms with E-state index < -0.39 is 5.97 Å². The van der Waals surface area contributed by atoms with Crippen molar-refractivity contribution < 1.29 is 9.90 Å². The highest BCUT2D eigenvalue weighted by Crippen LogP contribution is 2.34. The molecule has 132 valence electrons. The second-order valence-corrected chi connectivity index (χ2v) is 7.78. The summed E-state index contributed by atoms with van der Waals surface area (Å²) < 4.78 is 0.